The zero-order valence-corrected chi connectivity index (χ0v) is 9.12. The molecule has 1 aliphatic rings. The van der Waals surface area contributed by atoms with E-state index in [-0.39, 0.29) is 11.8 Å². The number of aliphatic carboxylic acids is 1. The Morgan fingerprint density at radius 2 is 2.07 bits per heavy atom. The summed E-state index contributed by atoms with van der Waals surface area (Å²) in [5.74, 6) is -1.000. The summed E-state index contributed by atoms with van der Waals surface area (Å²) in [6, 6.07) is 0. The lowest BCUT2D eigenvalue weighted by Gasteiger charge is -2.37. The fraction of sp³-hybridized carbons (Fsp3) is 0.875. The average Bonchev–Trinajstić information content (AvgIpc) is 1.92. The Kier molecular flexibility index (Phi) is 3.16. The second kappa shape index (κ2) is 3.86. The second-order valence-corrected chi connectivity index (χ2v) is 5.90. The topological polar surface area (TPSA) is 74.7 Å². The van der Waals surface area contributed by atoms with Crippen LogP contribution in [0.25, 0.3) is 0 Å². The highest BCUT2D eigenvalue weighted by Crippen LogP contribution is 2.25. The molecule has 14 heavy (non-hydrogen) atoms. The molecule has 1 rings (SSSR count). The third-order valence-corrected chi connectivity index (χ3v) is 3.74. The molecule has 1 atom stereocenters. The van der Waals surface area contributed by atoms with E-state index in [1.807, 2.05) is 0 Å². The summed E-state index contributed by atoms with van der Waals surface area (Å²) >= 11 is 0. The minimum Gasteiger partial charge on any atom is -0.481 e. The Morgan fingerprint density at radius 1 is 1.57 bits per heavy atom. The lowest BCUT2D eigenvalue weighted by molar-refractivity contribution is -0.142. The molecular weight excluding hydrogens is 206 g/mol. The highest BCUT2D eigenvalue weighted by Gasteiger charge is 2.34. The summed E-state index contributed by atoms with van der Waals surface area (Å²) in [4.78, 5) is 10.5. The largest absolute Gasteiger partial charge is 0.481 e. The lowest BCUT2D eigenvalue weighted by atomic mass is 9.91. The number of hydrogen-bond acceptors (Lipinski definition) is 3. The van der Waals surface area contributed by atoms with Gasteiger partial charge in [0, 0.05) is 13.1 Å². The highest BCUT2D eigenvalue weighted by atomic mass is 32.2. The zero-order valence-electron chi connectivity index (χ0n) is 8.30. The maximum absolute atomic E-state index is 11.0. The van der Waals surface area contributed by atoms with Crippen LogP contribution >= 0.6 is 0 Å². The van der Waals surface area contributed by atoms with Gasteiger partial charge in [0.1, 0.15) is 0 Å². The van der Waals surface area contributed by atoms with Gasteiger partial charge in [0.25, 0.3) is 0 Å². The summed E-state index contributed by atoms with van der Waals surface area (Å²) in [6.07, 6.45) is 1.73. The first-order chi connectivity index (χ1) is 6.30. The van der Waals surface area contributed by atoms with E-state index in [9.17, 15) is 13.2 Å². The molecule has 0 bridgehead atoms. The highest BCUT2D eigenvalue weighted by molar-refractivity contribution is 7.88. The Labute approximate surface area is 83.8 Å². The fourth-order valence-corrected chi connectivity index (χ4v) is 2.51. The first kappa shape index (κ1) is 11.5. The van der Waals surface area contributed by atoms with Crippen molar-refractivity contribution in [2.75, 3.05) is 19.3 Å². The van der Waals surface area contributed by atoms with E-state index in [2.05, 4.69) is 0 Å². The first-order valence-electron chi connectivity index (χ1n) is 4.48. The number of carboxylic acids is 1. The van der Waals surface area contributed by atoms with Crippen LogP contribution in [0.1, 0.15) is 13.3 Å². The molecule has 82 valence electrons. The number of sulfonamides is 1. The van der Waals surface area contributed by atoms with Crippen molar-refractivity contribution < 1.29 is 18.3 Å². The number of carboxylic acid groups (broad SMARTS) is 1. The Bertz CT molecular complexity index is 318. The molecule has 1 unspecified atom stereocenters. The monoisotopic (exact) mass is 221 g/mol. The number of hydrogen-bond donors (Lipinski definition) is 1. The van der Waals surface area contributed by atoms with Gasteiger partial charge < -0.3 is 5.11 Å². The Hall–Kier alpha value is -0.620. The van der Waals surface area contributed by atoms with E-state index in [1.165, 1.54) is 10.6 Å². The van der Waals surface area contributed by atoms with Crippen molar-refractivity contribution in [1.29, 1.82) is 0 Å². The molecule has 1 N–H and O–H groups in total. The standard InChI is InChI=1S/C8H15NO4S/c1-6(8(10)11)3-7-4-9(5-7)14(2,12)13/h6-7H,3-5H2,1-2H3,(H,10,11). The van der Waals surface area contributed by atoms with Gasteiger partial charge in [-0.05, 0) is 12.3 Å². The van der Waals surface area contributed by atoms with Gasteiger partial charge in [0.15, 0.2) is 0 Å². The van der Waals surface area contributed by atoms with Crippen molar-refractivity contribution in [2.24, 2.45) is 11.8 Å². The van der Waals surface area contributed by atoms with Crippen molar-refractivity contribution in [3.05, 3.63) is 0 Å². The third-order valence-electron chi connectivity index (χ3n) is 2.50. The molecule has 6 heteroatoms. The van der Waals surface area contributed by atoms with Crippen molar-refractivity contribution >= 4 is 16.0 Å². The molecule has 5 nitrogen and oxygen atoms in total. The van der Waals surface area contributed by atoms with E-state index in [4.69, 9.17) is 5.11 Å². The minimum atomic E-state index is -3.07. The molecule has 0 radical (unpaired) electrons. The molecule has 0 saturated carbocycles. The van der Waals surface area contributed by atoms with E-state index >= 15 is 0 Å². The van der Waals surface area contributed by atoms with Crippen LogP contribution in [0.5, 0.6) is 0 Å². The quantitative estimate of drug-likeness (QED) is 0.724. The van der Waals surface area contributed by atoms with Crippen molar-refractivity contribution in [3.8, 4) is 0 Å². The number of nitrogens with zero attached hydrogens (tertiary/aromatic N) is 1. The number of carbonyl (C=O) groups is 1. The van der Waals surface area contributed by atoms with Crippen molar-refractivity contribution in [1.82, 2.24) is 4.31 Å². The second-order valence-electron chi connectivity index (χ2n) is 3.92. The SMILES string of the molecule is CC(CC1CN(S(C)(=O)=O)C1)C(=O)O. The molecule has 1 fully saturated rings. The van der Waals surface area contributed by atoms with Crippen LogP contribution in [0, 0.1) is 11.8 Å². The van der Waals surface area contributed by atoms with Crippen molar-refractivity contribution in [3.63, 3.8) is 0 Å². The van der Waals surface area contributed by atoms with E-state index in [1.54, 1.807) is 6.92 Å². The van der Waals surface area contributed by atoms with Gasteiger partial charge in [-0.15, -0.1) is 0 Å². The molecule has 0 amide bonds. The smallest absolute Gasteiger partial charge is 0.306 e. The van der Waals surface area contributed by atoms with Crippen LogP contribution in [0.15, 0.2) is 0 Å². The molecule has 1 saturated heterocycles. The van der Waals surface area contributed by atoms with Gasteiger partial charge in [-0.3, -0.25) is 4.79 Å². The Morgan fingerprint density at radius 3 is 2.43 bits per heavy atom. The van der Waals surface area contributed by atoms with Crippen LogP contribution in [0.2, 0.25) is 0 Å². The maximum atomic E-state index is 11.0. The first-order valence-corrected chi connectivity index (χ1v) is 6.33. The van der Waals surface area contributed by atoms with Gasteiger partial charge in [-0.25, -0.2) is 12.7 Å². The van der Waals surface area contributed by atoms with Crippen LogP contribution in [-0.2, 0) is 14.8 Å². The van der Waals surface area contributed by atoms with Gasteiger partial charge in [0.05, 0.1) is 12.2 Å². The summed E-state index contributed by atoms with van der Waals surface area (Å²) < 4.78 is 23.3. The van der Waals surface area contributed by atoms with Crippen LogP contribution in [0.3, 0.4) is 0 Å². The molecule has 0 aromatic heterocycles. The summed E-state index contributed by atoms with van der Waals surface area (Å²) in [5.41, 5.74) is 0. The predicted octanol–water partition coefficient (Wildman–Crippen LogP) is -0.0114. The molecule has 0 aromatic carbocycles. The summed E-state index contributed by atoms with van der Waals surface area (Å²) in [7, 11) is -3.07. The van der Waals surface area contributed by atoms with E-state index in [0.717, 1.165) is 0 Å². The molecule has 1 aliphatic heterocycles. The predicted molar refractivity (Wildman–Crippen MR) is 51.3 cm³/mol. The average molecular weight is 221 g/mol. The molecule has 1 heterocycles. The summed E-state index contributed by atoms with van der Waals surface area (Å²) in [5, 5.41) is 8.64. The van der Waals surface area contributed by atoms with Gasteiger partial charge in [0.2, 0.25) is 10.0 Å². The van der Waals surface area contributed by atoms with Gasteiger partial charge in [-0.1, -0.05) is 6.92 Å². The molecule has 0 spiro atoms. The third kappa shape index (κ3) is 2.68. The van der Waals surface area contributed by atoms with E-state index < -0.39 is 16.0 Å². The molecular formula is C8H15NO4S. The van der Waals surface area contributed by atoms with Gasteiger partial charge >= 0.3 is 5.97 Å². The molecule has 0 aliphatic carbocycles. The molecule has 0 aromatic rings. The van der Waals surface area contributed by atoms with Crippen LogP contribution in [-0.4, -0.2) is 43.1 Å². The van der Waals surface area contributed by atoms with Gasteiger partial charge in [-0.2, -0.15) is 0 Å². The van der Waals surface area contributed by atoms with Crippen molar-refractivity contribution in [2.45, 2.75) is 13.3 Å². The zero-order chi connectivity index (χ0) is 10.9. The van der Waals surface area contributed by atoms with Crippen LogP contribution in [0.4, 0.5) is 0 Å². The normalized spacial score (nSPS) is 21.6. The maximum Gasteiger partial charge on any atom is 0.306 e. The number of rotatable bonds is 4. The van der Waals surface area contributed by atoms with E-state index in [0.29, 0.717) is 19.5 Å². The Balaban J connectivity index is 2.33. The fourth-order valence-electron chi connectivity index (χ4n) is 1.54. The lowest BCUT2D eigenvalue weighted by Crippen LogP contribution is -2.50. The minimum absolute atomic E-state index is 0.204. The summed E-state index contributed by atoms with van der Waals surface area (Å²) in [6.45, 7) is 2.58. The van der Waals surface area contributed by atoms with Crippen LogP contribution < -0.4 is 0 Å².